The number of phenols is 1. The smallest absolute Gasteiger partial charge is 0.356 e. The van der Waals surface area contributed by atoms with E-state index in [0.29, 0.717) is 5.75 Å². The Morgan fingerprint density at radius 1 is 1.47 bits per heavy atom. The topological polar surface area (TPSA) is 84.6 Å². The van der Waals surface area contributed by atoms with Gasteiger partial charge in [-0.2, -0.15) is 4.98 Å². The van der Waals surface area contributed by atoms with Crippen LogP contribution in [0, 0.1) is 0 Å². The number of phenolic OH excluding ortho intramolecular Hbond substituents is 1. The number of aromatic nitrogens is 2. The molecule has 1 aromatic heterocycles. The van der Waals surface area contributed by atoms with Crippen LogP contribution in [0.5, 0.6) is 17.5 Å². The molecule has 17 heavy (non-hydrogen) atoms. The molecule has 0 fully saturated rings. The van der Waals surface area contributed by atoms with Crippen LogP contribution in [0.4, 0.5) is 0 Å². The second-order valence-corrected chi connectivity index (χ2v) is 3.42. The van der Waals surface area contributed by atoms with E-state index in [0.717, 1.165) is 0 Å². The van der Waals surface area contributed by atoms with Gasteiger partial charge in [0.25, 0.3) is 0 Å². The molecule has 0 radical (unpaired) electrons. The van der Waals surface area contributed by atoms with E-state index in [-0.39, 0.29) is 17.5 Å². The van der Waals surface area contributed by atoms with Crippen molar-refractivity contribution in [1.29, 1.82) is 0 Å². The standard InChI is InChI=1S/C11H10N2O4/c1-13-6-9(10(15)16)12-11(13)17-8-4-2-3-7(14)5-8/h2-6,14H,1H3,(H,15,16). The number of rotatable bonds is 3. The molecule has 0 saturated carbocycles. The molecule has 0 amide bonds. The van der Waals surface area contributed by atoms with Crippen LogP contribution in [0.1, 0.15) is 10.5 Å². The number of hydrogen-bond acceptors (Lipinski definition) is 4. The van der Waals surface area contributed by atoms with Gasteiger partial charge in [0.15, 0.2) is 5.69 Å². The van der Waals surface area contributed by atoms with E-state index < -0.39 is 5.97 Å². The van der Waals surface area contributed by atoms with Crippen LogP contribution in [-0.2, 0) is 7.05 Å². The quantitative estimate of drug-likeness (QED) is 0.842. The molecule has 0 aliphatic rings. The summed E-state index contributed by atoms with van der Waals surface area (Å²) < 4.78 is 6.80. The zero-order chi connectivity index (χ0) is 12.4. The number of ether oxygens (including phenoxy) is 1. The average Bonchev–Trinajstić information content (AvgIpc) is 2.61. The first-order valence-electron chi connectivity index (χ1n) is 4.80. The van der Waals surface area contributed by atoms with Gasteiger partial charge in [0.05, 0.1) is 0 Å². The lowest BCUT2D eigenvalue weighted by atomic mass is 10.3. The summed E-state index contributed by atoms with van der Waals surface area (Å²) in [6.07, 6.45) is 1.35. The number of imidazole rings is 1. The average molecular weight is 234 g/mol. The third kappa shape index (κ3) is 2.36. The van der Waals surface area contributed by atoms with Crippen molar-refractivity contribution in [3.63, 3.8) is 0 Å². The second-order valence-electron chi connectivity index (χ2n) is 3.42. The van der Waals surface area contributed by atoms with Crippen LogP contribution in [0.15, 0.2) is 30.5 Å². The Hall–Kier alpha value is -2.50. The largest absolute Gasteiger partial charge is 0.508 e. The molecular formula is C11H10N2O4. The summed E-state index contributed by atoms with van der Waals surface area (Å²) in [4.78, 5) is 14.5. The molecule has 6 nitrogen and oxygen atoms in total. The van der Waals surface area contributed by atoms with Crippen molar-refractivity contribution >= 4 is 5.97 Å². The number of aryl methyl sites for hydroxylation is 1. The van der Waals surface area contributed by atoms with Gasteiger partial charge in [0.2, 0.25) is 0 Å². The van der Waals surface area contributed by atoms with Crippen LogP contribution in [0.25, 0.3) is 0 Å². The monoisotopic (exact) mass is 234 g/mol. The van der Waals surface area contributed by atoms with Gasteiger partial charge >= 0.3 is 12.0 Å². The Bertz CT molecular complexity index is 562. The van der Waals surface area contributed by atoms with Crippen molar-refractivity contribution < 1.29 is 19.7 Å². The molecule has 0 saturated heterocycles. The highest BCUT2D eigenvalue weighted by atomic mass is 16.5. The van der Waals surface area contributed by atoms with Gasteiger partial charge in [-0.25, -0.2) is 4.79 Å². The SMILES string of the molecule is Cn1cc(C(=O)O)nc1Oc1cccc(O)c1. The minimum absolute atomic E-state index is 0.0650. The van der Waals surface area contributed by atoms with E-state index in [1.54, 1.807) is 19.2 Å². The lowest BCUT2D eigenvalue weighted by Gasteiger charge is -2.04. The molecule has 2 aromatic rings. The Morgan fingerprint density at radius 3 is 2.82 bits per heavy atom. The predicted octanol–water partition coefficient (Wildman–Crippen LogP) is 1.62. The first kappa shape index (κ1) is 11.0. The van der Waals surface area contributed by atoms with E-state index in [4.69, 9.17) is 9.84 Å². The third-order valence-corrected chi connectivity index (χ3v) is 2.08. The highest BCUT2D eigenvalue weighted by molar-refractivity contribution is 5.85. The predicted molar refractivity (Wildman–Crippen MR) is 58.3 cm³/mol. The van der Waals surface area contributed by atoms with Crippen LogP contribution in [-0.4, -0.2) is 25.7 Å². The number of hydrogen-bond donors (Lipinski definition) is 2. The summed E-state index contributed by atoms with van der Waals surface area (Å²) >= 11 is 0. The zero-order valence-corrected chi connectivity index (χ0v) is 8.99. The minimum atomic E-state index is -1.12. The lowest BCUT2D eigenvalue weighted by Crippen LogP contribution is -1.95. The van der Waals surface area contributed by atoms with Gasteiger partial charge in [0, 0.05) is 19.3 Å². The summed E-state index contributed by atoms with van der Waals surface area (Å²) in [5, 5.41) is 18.0. The minimum Gasteiger partial charge on any atom is -0.508 e. The molecule has 0 unspecified atom stereocenters. The maximum Gasteiger partial charge on any atom is 0.356 e. The van der Waals surface area contributed by atoms with Gasteiger partial charge in [0.1, 0.15) is 11.5 Å². The maximum absolute atomic E-state index is 10.7. The lowest BCUT2D eigenvalue weighted by molar-refractivity contribution is 0.0690. The first-order valence-corrected chi connectivity index (χ1v) is 4.80. The van der Waals surface area contributed by atoms with Crippen LogP contribution < -0.4 is 4.74 Å². The van der Waals surface area contributed by atoms with Gasteiger partial charge in [-0.05, 0) is 12.1 Å². The summed E-state index contributed by atoms with van der Waals surface area (Å²) in [5.41, 5.74) is -0.0948. The Labute approximate surface area is 96.7 Å². The maximum atomic E-state index is 10.7. The van der Waals surface area contributed by atoms with E-state index >= 15 is 0 Å². The highest BCUT2D eigenvalue weighted by Gasteiger charge is 2.12. The summed E-state index contributed by atoms with van der Waals surface area (Å²) in [7, 11) is 1.62. The molecule has 0 aliphatic carbocycles. The fourth-order valence-corrected chi connectivity index (χ4v) is 1.30. The number of nitrogens with zero attached hydrogens (tertiary/aromatic N) is 2. The number of benzene rings is 1. The number of aromatic carboxylic acids is 1. The van der Waals surface area contributed by atoms with Crippen molar-refractivity contribution in [3.8, 4) is 17.5 Å². The highest BCUT2D eigenvalue weighted by Crippen LogP contribution is 2.23. The Kier molecular flexibility index (Phi) is 2.70. The van der Waals surface area contributed by atoms with Gasteiger partial charge in [-0.1, -0.05) is 6.07 Å². The number of aromatic hydroxyl groups is 1. The van der Waals surface area contributed by atoms with Crippen molar-refractivity contribution in [2.24, 2.45) is 7.05 Å². The number of carboxylic acid groups (broad SMARTS) is 1. The van der Waals surface area contributed by atoms with Gasteiger partial charge in [-0.3, -0.25) is 0 Å². The molecule has 0 spiro atoms. The molecule has 1 aromatic carbocycles. The summed E-state index contributed by atoms with van der Waals surface area (Å²) in [5.74, 6) is -0.669. The number of carboxylic acids is 1. The van der Waals surface area contributed by atoms with E-state index in [1.165, 1.54) is 22.9 Å². The fraction of sp³-hybridized carbons (Fsp3) is 0.0909. The summed E-state index contributed by atoms with van der Waals surface area (Å²) in [6.45, 7) is 0. The van der Waals surface area contributed by atoms with Gasteiger partial charge in [-0.15, -0.1) is 0 Å². The zero-order valence-electron chi connectivity index (χ0n) is 8.99. The molecule has 0 atom stereocenters. The molecule has 2 rings (SSSR count). The van der Waals surface area contributed by atoms with Crippen LogP contribution in [0.2, 0.25) is 0 Å². The summed E-state index contributed by atoms with van der Waals surface area (Å²) in [6, 6.07) is 6.32. The normalized spacial score (nSPS) is 10.2. The molecule has 88 valence electrons. The van der Waals surface area contributed by atoms with Gasteiger partial charge < -0.3 is 19.5 Å². The fourth-order valence-electron chi connectivity index (χ4n) is 1.30. The van der Waals surface area contributed by atoms with Crippen molar-refractivity contribution in [1.82, 2.24) is 9.55 Å². The van der Waals surface area contributed by atoms with Crippen molar-refractivity contribution in [3.05, 3.63) is 36.2 Å². The van der Waals surface area contributed by atoms with E-state index in [2.05, 4.69) is 4.98 Å². The molecule has 6 heteroatoms. The van der Waals surface area contributed by atoms with Crippen LogP contribution in [0.3, 0.4) is 0 Å². The Morgan fingerprint density at radius 2 is 2.24 bits per heavy atom. The molecule has 0 aliphatic heterocycles. The van der Waals surface area contributed by atoms with E-state index in [1.807, 2.05) is 0 Å². The van der Waals surface area contributed by atoms with Crippen molar-refractivity contribution in [2.45, 2.75) is 0 Å². The second kappa shape index (κ2) is 4.17. The van der Waals surface area contributed by atoms with Crippen LogP contribution >= 0.6 is 0 Å². The number of carbonyl (C=O) groups is 1. The third-order valence-electron chi connectivity index (χ3n) is 2.08. The van der Waals surface area contributed by atoms with E-state index in [9.17, 15) is 9.90 Å². The Balaban J connectivity index is 2.27. The molecule has 0 bridgehead atoms. The molecule has 1 heterocycles. The first-order chi connectivity index (χ1) is 8.06. The van der Waals surface area contributed by atoms with Crippen molar-refractivity contribution in [2.75, 3.05) is 0 Å². The molecule has 2 N–H and O–H groups in total. The molecular weight excluding hydrogens is 224 g/mol.